The van der Waals surface area contributed by atoms with Crippen LogP contribution in [0.25, 0.3) is 10.8 Å². The minimum absolute atomic E-state index is 0.270. The van der Waals surface area contributed by atoms with Gasteiger partial charge in [0.1, 0.15) is 0 Å². The number of aliphatic imine (C=N–C) groups is 2. The smallest absolute Gasteiger partial charge is 0.211 e. The fourth-order valence-corrected chi connectivity index (χ4v) is 2.84. The maximum atomic E-state index is 10.8. The molecule has 112 valence electrons. The zero-order valence-electron chi connectivity index (χ0n) is 12.7. The van der Waals surface area contributed by atoms with Gasteiger partial charge in [-0.25, -0.2) is 9.59 Å². The molecular weight excluding hydrogens is 276 g/mol. The van der Waals surface area contributed by atoms with E-state index >= 15 is 0 Å². The molecule has 0 fully saturated rings. The fourth-order valence-electron chi connectivity index (χ4n) is 2.84. The number of fused-ring (bicyclic) bond motifs is 1. The lowest BCUT2D eigenvalue weighted by Gasteiger charge is -2.20. The number of nitrogens with zero attached hydrogens (tertiary/aromatic N) is 2. The van der Waals surface area contributed by atoms with Gasteiger partial charge < -0.3 is 0 Å². The average Bonchev–Trinajstić information content (AvgIpc) is 2.57. The standard InChI is InChI=1S/C18H18N2O2/c1-3-16(19-11-21)15-10-9-13-7-5-6-8-14(13)18(15)17(4-2)20-12-22/h5-10,16-17H,3-4H2,1-2H3. The van der Waals surface area contributed by atoms with E-state index in [9.17, 15) is 9.59 Å². The van der Waals surface area contributed by atoms with Crippen LogP contribution < -0.4 is 0 Å². The highest BCUT2D eigenvalue weighted by molar-refractivity contribution is 5.87. The zero-order chi connectivity index (χ0) is 15.9. The molecular formula is C18H18N2O2. The van der Waals surface area contributed by atoms with Crippen LogP contribution in [0.2, 0.25) is 0 Å². The Kier molecular flexibility index (Phi) is 5.37. The van der Waals surface area contributed by atoms with E-state index in [1.54, 1.807) is 12.2 Å². The molecule has 0 aliphatic heterocycles. The van der Waals surface area contributed by atoms with Gasteiger partial charge in [-0.2, -0.15) is 9.98 Å². The molecule has 0 aliphatic rings. The summed E-state index contributed by atoms with van der Waals surface area (Å²) >= 11 is 0. The van der Waals surface area contributed by atoms with Crippen LogP contribution in [0.1, 0.15) is 49.9 Å². The lowest BCUT2D eigenvalue weighted by Crippen LogP contribution is -2.05. The molecule has 0 heterocycles. The van der Waals surface area contributed by atoms with Crippen LogP contribution in [-0.2, 0) is 9.59 Å². The summed E-state index contributed by atoms with van der Waals surface area (Å²) in [7, 11) is 0. The Balaban J connectivity index is 2.80. The predicted octanol–water partition coefficient (Wildman–Crippen LogP) is 4.41. The topological polar surface area (TPSA) is 58.9 Å². The predicted molar refractivity (Wildman–Crippen MR) is 86.3 cm³/mol. The normalized spacial score (nSPS) is 13.0. The second-order valence-electron chi connectivity index (χ2n) is 5.08. The van der Waals surface area contributed by atoms with Crippen molar-refractivity contribution in [1.29, 1.82) is 0 Å². The van der Waals surface area contributed by atoms with Crippen LogP contribution in [0.5, 0.6) is 0 Å². The Morgan fingerprint density at radius 3 is 2.18 bits per heavy atom. The Morgan fingerprint density at radius 1 is 0.909 bits per heavy atom. The lowest BCUT2D eigenvalue weighted by atomic mass is 9.88. The third kappa shape index (κ3) is 3.04. The van der Waals surface area contributed by atoms with Gasteiger partial charge in [0.2, 0.25) is 12.2 Å². The van der Waals surface area contributed by atoms with Gasteiger partial charge in [0.25, 0.3) is 0 Å². The van der Waals surface area contributed by atoms with E-state index in [2.05, 4.69) is 9.98 Å². The largest absolute Gasteiger partial charge is 0.235 e. The van der Waals surface area contributed by atoms with Crippen LogP contribution >= 0.6 is 0 Å². The van der Waals surface area contributed by atoms with Gasteiger partial charge in [0, 0.05) is 0 Å². The first-order valence-electron chi connectivity index (χ1n) is 7.42. The van der Waals surface area contributed by atoms with Crippen LogP contribution in [0, 0.1) is 0 Å². The van der Waals surface area contributed by atoms with Crippen molar-refractivity contribution in [3.8, 4) is 0 Å². The van der Waals surface area contributed by atoms with Gasteiger partial charge in [0.05, 0.1) is 12.1 Å². The minimum Gasteiger partial charge on any atom is -0.211 e. The molecule has 4 heteroatoms. The monoisotopic (exact) mass is 294 g/mol. The Morgan fingerprint density at radius 2 is 1.55 bits per heavy atom. The molecule has 0 saturated heterocycles. The molecule has 2 atom stereocenters. The molecule has 0 spiro atoms. The van der Waals surface area contributed by atoms with Crippen molar-refractivity contribution in [3.05, 3.63) is 47.5 Å². The van der Waals surface area contributed by atoms with Gasteiger partial charge >= 0.3 is 0 Å². The highest BCUT2D eigenvalue weighted by Crippen LogP contribution is 2.37. The molecule has 0 aliphatic carbocycles. The summed E-state index contributed by atoms with van der Waals surface area (Å²) in [5, 5.41) is 2.11. The van der Waals surface area contributed by atoms with E-state index in [4.69, 9.17) is 0 Å². The lowest BCUT2D eigenvalue weighted by molar-refractivity contribution is 0.550. The first-order chi connectivity index (χ1) is 10.8. The third-order valence-electron chi connectivity index (χ3n) is 3.89. The van der Waals surface area contributed by atoms with Crippen LogP contribution in [0.15, 0.2) is 46.4 Å². The first kappa shape index (κ1) is 15.8. The molecule has 2 aromatic carbocycles. The maximum Gasteiger partial charge on any atom is 0.235 e. The van der Waals surface area contributed by atoms with E-state index in [1.807, 2.05) is 50.2 Å². The SMILES string of the molecule is CCC(N=C=O)c1ccc2ccccc2c1C(CC)N=C=O. The zero-order valence-corrected chi connectivity index (χ0v) is 12.7. The summed E-state index contributed by atoms with van der Waals surface area (Å²) in [6, 6.07) is 11.4. The third-order valence-corrected chi connectivity index (χ3v) is 3.89. The molecule has 0 radical (unpaired) electrons. The number of rotatable bonds is 6. The van der Waals surface area contributed by atoms with Crippen LogP contribution in [0.4, 0.5) is 0 Å². The molecule has 4 nitrogen and oxygen atoms in total. The second kappa shape index (κ2) is 7.46. The van der Waals surface area contributed by atoms with E-state index in [0.717, 1.165) is 21.9 Å². The number of hydrogen-bond acceptors (Lipinski definition) is 4. The summed E-state index contributed by atoms with van der Waals surface area (Å²) in [5.41, 5.74) is 1.88. The quantitative estimate of drug-likeness (QED) is 0.585. The van der Waals surface area contributed by atoms with Gasteiger partial charge in [-0.3, -0.25) is 0 Å². The van der Waals surface area contributed by atoms with Gasteiger partial charge in [-0.05, 0) is 34.7 Å². The molecule has 22 heavy (non-hydrogen) atoms. The van der Waals surface area contributed by atoms with Crippen molar-refractivity contribution >= 4 is 22.9 Å². The average molecular weight is 294 g/mol. The van der Waals surface area contributed by atoms with Crippen LogP contribution in [-0.4, -0.2) is 12.2 Å². The van der Waals surface area contributed by atoms with E-state index in [0.29, 0.717) is 12.8 Å². The first-order valence-corrected chi connectivity index (χ1v) is 7.42. The van der Waals surface area contributed by atoms with Gasteiger partial charge in [0.15, 0.2) is 0 Å². The Bertz CT molecular complexity index is 757. The van der Waals surface area contributed by atoms with Gasteiger partial charge in [-0.1, -0.05) is 50.2 Å². The number of hydrogen-bond donors (Lipinski definition) is 0. The minimum atomic E-state index is -0.283. The van der Waals surface area contributed by atoms with Crippen molar-refractivity contribution in [2.24, 2.45) is 9.98 Å². The number of benzene rings is 2. The highest BCUT2D eigenvalue weighted by Gasteiger charge is 2.21. The molecule has 0 aromatic heterocycles. The molecule has 2 rings (SSSR count). The van der Waals surface area contributed by atoms with E-state index < -0.39 is 0 Å². The van der Waals surface area contributed by atoms with Crippen molar-refractivity contribution in [2.75, 3.05) is 0 Å². The Labute approximate surface area is 129 Å². The highest BCUT2D eigenvalue weighted by atomic mass is 16.1. The van der Waals surface area contributed by atoms with E-state index in [-0.39, 0.29) is 12.1 Å². The fraction of sp³-hybridized carbons (Fsp3) is 0.333. The molecule has 0 amide bonds. The summed E-state index contributed by atoms with van der Waals surface area (Å²) in [6.07, 6.45) is 4.67. The summed E-state index contributed by atoms with van der Waals surface area (Å²) in [6.45, 7) is 3.94. The molecule has 0 bridgehead atoms. The Hall–Kier alpha value is -2.54. The molecule has 2 aromatic rings. The summed E-state index contributed by atoms with van der Waals surface area (Å²) in [4.78, 5) is 29.4. The van der Waals surface area contributed by atoms with Crippen LogP contribution in [0.3, 0.4) is 0 Å². The second-order valence-corrected chi connectivity index (χ2v) is 5.08. The summed E-state index contributed by atoms with van der Waals surface area (Å²) < 4.78 is 0. The molecule has 2 unspecified atom stereocenters. The van der Waals surface area contributed by atoms with Crippen molar-refractivity contribution in [3.63, 3.8) is 0 Å². The molecule has 0 saturated carbocycles. The van der Waals surface area contributed by atoms with Crippen molar-refractivity contribution in [1.82, 2.24) is 0 Å². The number of carbonyl (C=O) groups excluding carboxylic acids is 2. The van der Waals surface area contributed by atoms with E-state index in [1.165, 1.54) is 0 Å². The van der Waals surface area contributed by atoms with Crippen molar-refractivity contribution in [2.45, 2.75) is 38.8 Å². The molecule has 0 N–H and O–H groups in total. The summed E-state index contributed by atoms with van der Waals surface area (Å²) in [5.74, 6) is 0. The maximum absolute atomic E-state index is 10.8. The number of isocyanates is 2. The van der Waals surface area contributed by atoms with Crippen molar-refractivity contribution < 1.29 is 9.59 Å². The van der Waals surface area contributed by atoms with Gasteiger partial charge in [-0.15, -0.1) is 0 Å².